The van der Waals surface area contributed by atoms with Gasteiger partial charge in [0.2, 0.25) is 5.90 Å². The number of benzene rings is 3. The summed E-state index contributed by atoms with van der Waals surface area (Å²) in [6.45, 7) is 4.29. The molecule has 152 valence electrons. The van der Waals surface area contributed by atoms with E-state index in [4.69, 9.17) is 4.74 Å². The Morgan fingerprint density at radius 3 is 2.27 bits per heavy atom. The highest BCUT2D eigenvalue weighted by Crippen LogP contribution is 2.23. The number of hydrogen-bond acceptors (Lipinski definition) is 5. The second-order valence-corrected chi connectivity index (χ2v) is 7.76. The highest BCUT2D eigenvalue weighted by molar-refractivity contribution is 8.02. The second-order valence-electron chi connectivity index (χ2n) is 6.78. The molecular weight excluding hydrogens is 396 g/mol. The van der Waals surface area contributed by atoms with E-state index in [9.17, 15) is 10.1 Å². The van der Waals surface area contributed by atoms with Crippen molar-refractivity contribution in [2.75, 3.05) is 0 Å². The van der Waals surface area contributed by atoms with Crippen LogP contribution in [0.1, 0.15) is 25.3 Å². The van der Waals surface area contributed by atoms with Gasteiger partial charge in [-0.3, -0.25) is 10.1 Å². The topological polar surface area (TPSA) is 64.7 Å². The van der Waals surface area contributed by atoms with Gasteiger partial charge in [0.15, 0.2) is 0 Å². The summed E-state index contributed by atoms with van der Waals surface area (Å²) in [5.41, 5.74) is 2.02. The quantitative estimate of drug-likeness (QED) is 0.135. The van der Waals surface area contributed by atoms with Gasteiger partial charge < -0.3 is 4.74 Å². The lowest BCUT2D eigenvalue weighted by Crippen LogP contribution is -2.04. The lowest BCUT2D eigenvalue weighted by molar-refractivity contribution is -0.384. The molecular formula is C24H22N2O3S. The van der Waals surface area contributed by atoms with E-state index in [1.807, 2.05) is 47.9 Å². The molecule has 0 atom stereocenters. The second kappa shape index (κ2) is 10.4. The van der Waals surface area contributed by atoms with Crippen LogP contribution >= 0.6 is 11.8 Å². The van der Waals surface area contributed by atoms with Crippen molar-refractivity contribution in [3.8, 4) is 5.75 Å². The van der Waals surface area contributed by atoms with Crippen LogP contribution in [0.5, 0.6) is 5.75 Å². The van der Waals surface area contributed by atoms with E-state index >= 15 is 0 Å². The maximum Gasteiger partial charge on any atom is 0.269 e. The molecule has 0 radical (unpaired) electrons. The molecule has 6 heteroatoms. The largest absolute Gasteiger partial charge is 0.439 e. The summed E-state index contributed by atoms with van der Waals surface area (Å²) in [5, 5.41) is 12.8. The molecule has 0 aliphatic rings. The first-order valence-corrected chi connectivity index (χ1v) is 10.4. The molecule has 0 heterocycles. The van der Waals surface area contributed by atoms with Crippen molar-refractivity contribution in [2.24, 2.45) is 4.99 Å². The SMILES string of the molecule is CC(C)c1ccc(N=C(C=CSc2ccccc2)Oc2ccc([N+](=O)[O-])cc2)cc1. The van der Waals surface area contributed by atoms with Crippen molar-refractivity contribution in [2.45, 2.75) is 24.7 Å². The molecule has 0 bridgehead atoms. The van der Waals surface area contributed by atoms with Crippen LogP contribution in [0.2, 0.25) is 0 Å². The number of rotatable bonds is 7. The van der Waals surface area contributed by atoms with Crippen LogP contribution in [0.25, 0.3) is 0 Å². The standard InChI is InChI=1S/C24H22N2O3S/c1-18(2)19-8-10-20(11-9-19)25-24(16-17-30-23-6-4-3-5-7-23)29-22-14-12-21(13-15-22)26(27)28/h3-18H,1-2H3. The van der Waals surface area contributed by atoms with E-state index < -0.39 is 4.92 Å². The lowest BCUT2D eigenvalue weighted by atomic mass is 10.0. The third kappa shape index (κ3) is 6.32. The summed E-state index contributed by atoms with van der Waals surface area (Å²) in [4.78, 5) is 16.1. The molecule has 3 aromatic carbocycles. The van der Waals surface area contributed by atoms with Gasteiger partial charge in [0.25, 0.3) is 5.69 Å². The summed E-state index contributed by atoms with van der Waals surface area (Å²) in [6, 6.07) is 23.9. The molecule has 0 saturated heterocycles. The number of aliphatic imine (C=N–C) groups is 1. The number of hydrogen-bond donors (Lipinski definition) is 0. The fraction of sp³-hybridized carbons (Fsp3) is 0.125. The van der Waals surface area contributed by atoms with Crippen molar-refractivity contribution in [3.63, 3.8) is 0 Å². The van der Waals surface area contributed by atoms with E-state index in [1.54, 1.807) is 30.0 Å². The first-order chi connectivity index (χ1) is 14.5. The van der Waals surface area contributed by atoms with Gasteiger partial charge in [0, 0.05) is 23.1 Å². The molecule has 30 heavy (non-hydrogen) atoms. The molecule has 0 spiro atoms. The van der Waals surface area contributed by atoms with Crippen LogP contribution in [0, 0.1) is 10.1 Å². The maximum atomic E-state index is 10.9. The third-order valence-corrected chi connectivity index (χ3v) is 5.04. The molecule has 0 unspecified atom stereocenters. The Morgan fingerprint density at radius 1 is 1.00 bits per heavy atom. The average molecular weight is 419 g/mol. The third-order valence-electron chi connectivity index (χ3n) is 4.23. The first-order valence-electron chi connectivity index (χ1n) is 9.50. The Bertz CT molecular complexity index is 1030. The normalized spacial score (nSPS) is 11.8. The molecule has 3 aromatic rings. The summed E-state index contributed by atoms with van der Waals surface area (Å²) >= 11 is 1.55. The van der Waals surface area contributed by atoms with Crippen LogP contribution in [0.3, 0.4) is 0 Å². The van der Waals surface area contributed by atoms with Gasteiger partial charge >= 0.3 is 0 Å². The first kappa shape index (κ1) is 21.3. The molecule has 0 saturated carbocycles. The number of ether oxygens (including phenoxy) is 1. The van der Waals surface area contributed by atoms with Crippen LogP contribution in [0.4, 0.5) is 11.4 Å². The minimum absolute atomic E-state index is 0.0142. The van der Waals surface area contributed by atoms with E-state index in [0.29, 0.717) is 17.6 Å². The van der Waals surface area contributed by atoms with Crippen molar-refractivity contribution in [1.29, 1.82) is 0 Å². The lowest BCUT2D eigenvalue weighted by Gasteiger charge is -2.07. The highest BCUT2D eigenvalue weighted by atomic mass is 32.2. The van der Waals surface area contributed by atoms with Crippen LogP contribution in [0.15, 0.2) is 100 Å². The smallest absolute Gasteiger partial charge is 0.269 e. The molecule has 5 nitrogen and oxygen atoms in total. The Kier molecular flexibility index (Phi) is 7.40. The van der Waals surface area contributed by atoms with E-state index in [1.165, 1.54) is 17.7 Å². The van der Waals surface area contributed by atoms with Crippen molar-refractivity contribution in [1.82, 2.24) is 0 Å². The predicted molar refractivity (Wildman–Crippen MR) is 123 cm³/mol. The van der Waals surface area contributed by atoms with Crippen molar-refractivity contribution < 1.29 is 9.66 Å². The zero-order chi connectivity index (χ0) is 21.3. The number of nitro groups is 1. The Balaban J connectivity index is 1.82. The highest BCUT2D eigenvalue weighted by Gasteiger charge is 2.07. The van der Waals surface area contributed by atoms with Crippen LogP contribution in [-0.2, 0) is 0 Å². The molecule has 0 aromatic heterocycles. The molecule has 0 amide bonds. The molecule has 0 aliphatic carbocycles. The van der Waals surface area contributed by atoms with Gasteiger partial charge in [-0.15, -0.1) is 0 Å². The Morgan fingerprint density at radius 2 is 1.67 bits per heavy atom. The molecule has 0 aliphatic heterocycles. The summed E-state index contributed by atoms with van der Waals surface area (Å²) in [5.74, 6) is 1.32. The van der Waals surface area contributed by atoms with Gasteiger partial charge in [-0.25, -0.2) is 4.99 Å². The van der Waals surface area contributed by atoms with Crippen LogP contribution in [-0.4, -0.2) is 10.8 Å². The monoisotopic (exact) mass is 418 g/mol. The van der Waals surface area contributed by atoms with E-state index in [2.05, 4.69) is 31.0 Å². The van der Waals surface area contributed by atoms with Gasteiger partial charge in [-0.1, -0.05) is 55.9 Å². The maximum absolute atomic E-state index is 10.9. The number of non-ortho nitro benzene ring substituents is 1. The fourth-order valence-electron chi connectivity index (χ4n) is 2.58. The number of thioether (sulfide) groups is 1. The minimum Gasteiger partial charge on any atom is -0.439 e. The van der Waals surface area contributed by atoms with E-state index in [-0.39, 0.29) is 5.69 Å². The van der Waals surface area contributed by atoms with Crippen molar-refractivity contribution >= 4 is 29.0 Å². The van der Waals surface area contributed by atoms with Gasteiger partial charge in [-0.2, -0.15) is 0 Å². The zero-order valence-electron chi connectivity index (χ0n) is 16.8. The van der Waals surface area contributed by atoms with Crippen molar-refractivity contribution in [3.05, 3.63) is 106 Å². The molecule has 3 rings (SSSR count). The zero-order valence-corrected chi connectivity index (χ0v) is 17.6. The summed E-state index contributed by atoms with van der Waals surface area (Å²) in [7, 11) is 0. The minimum atomic E-state index is -0.439. The predicted octanol–water partition coefficient (Wildman–Crippen LogP) is 7.13. The Hall–Kier alpha value is -3.38. The fourth-order valence-corrected chi connectivity index (χ4v) is 3.24. The van der Waals surface area contributed by atoms with E-state index in [0.717, 1.165) is 10.6 Å². The van der Waals surface area contributed by atoms with Gasteiger partial charge in [0.1, 0.15) is 5.75 Å². The number of nitro benzene ring substituents is 1. The molecule has 0 fully saturated rings. The Labute approximate surface area is 180 Å². The van der Waals surface area contributed by atoms with Crippen LogP contribution < -0.4 is 4.74 Å². The molecule has 0 N–H and O–H groups in total. The summed E-state index contributed by atoms with van der Waals surface area (Å²) in [6.07, 6.45) is 1.79. The number of nitrogens with zero attached hydrogens (tertiary/aromatic N) is 2. The van der Waals surface area contributed by atoms with Gasteiger partial charge in [0.05, 0.1) is 10.6 Å². The summed E-state index contributed by atoms with van der Waals surface area (Å²) < 4.78 is 5.90. The van der Waals surface area contributed by atoms with Gasteiger partial charge in [-0.05, 0) is 53.3 Å². The average Bonchev–Trinajstić information content (AvgIpc) is 2.75.